The quantitative estimate of drug-likeness (QED) is 0.681. The van der Waals surface area contributed by atoms with Crippen molar-refractivity contribution in [3.05, 3.63) is 18.6 Å². The number of nitrogens with one attached hydrogen (secondary N) is 1. The number of thioether (sulfide) groups is 1. The summed E-state index contributed by atoms with van der Waals surface area (Å²) in [5.41, 5.74) is 1.13. The van der Waals surface area contributed by atoms with E-state index < -0.39 is 0 Å². The third kappa shape index (κ3) is 2.19. The van der Waals surface area contributed by atoms with E-state index in [9.17, 15) is 0 Å². The topological polar surface area (TPSA) is 33.2 Å². The standard InChI is InChI=1S/C13H21N4S/c1-9(2)15-12-11-8-14-6-7-16(11)13(18-5)17(12)10(3)4/h6-10,15H,1-5H3/q+1. The van der Waals surface area contributed by atoms with Crippen molar-refractivity contribution in [3.8, 4) is 0 Å². The molecule has 0 atom stereocenters. The Bertz CT molecular complexity index is 545. The monoisotopic (exact) mass is 265 g/mol. The van der Waals surface area contributed by atoms with E-state index in [1.54, 1.807) is 11.8 Å². The van der Waals surface area contributed by atoms with Gasteiger partial charge in [0.15, 0.2) is 5.52 Å². The molecule has 2 heterocycles. The molecule has 0 aromatic carbocycles. The van der Waals surface area contributed by atoms with Gasteiger partial charge in [-0.3, -0.25) is 4.98 Å². The molecule has 0 saturated carbocycles. The molecule has 2 aromatic heterocycles. The fraction of sp³-hybridized carbons (Fsp3) is 0.538. The van der Waals surface area contributed by atoms with Gasteiger partial charge < -0.3 is 5.32 Å². The number of hydrogen-bond donors (Lipinski definition) is 1. The van der Waals surface area contributed by atoms with Crippen molar-refractivity contribution < 1.29 is 4.57 Å². The van der Waals surface area contributed by atoms with Gasteiger partial charge in [-0.1, -0.05) is 11.8 Å². The highest BCUT2D eigenvalue weighted by Crippen LogP contribution is 2.23. The van der Waals surface area contributed by atoms with E-state index in [1.165, 1.54) is 5.16 Å². The Morgan fingerprint density at radius 1 is 1.33 bits per heavy atom. The van der Waals surface area contributed by atoms with Crippen molar-refractivity contribution in [3.63, 3.8) is 0 Å². The van der Waals surface area contributed by atoms with Crippen molar-refractivity contribution in [1.29, 1.82) is 0 Å². The molecule has 0 spiro atoms. The van der Waals surface area contributed by atoms with Crippen LogP contribution in [0.4, 0.5) is 5.82 Å². The summed E-state index contributed by atoms with van der Waals surface area (Å²) in [4.78, 5) is 4.25. The van der Waals surface area contributed by atoms with E-state index in [0.29, 0.717) is 12.1 Å². The first-order valence-corrected chi connectivity index (χ1v) is 7.48. The molecule has 0 amide bonds. The lowest BCUT2D eigenvalue weighted by Crippen LogP contribution is -2.40. The fourth-order valence-corrected chi connectivity index (χ4v) is 2.99. The lowest BCUT2D eigenvalue weighted by Gasteiger charge is -2.10. The van der Waals surface area contributed by atoms with Crippen molar-refractivity contribution in [1.82, 2.24) is 9.38 Å². The molecule has 0 aliphatic heterocycles. The van der Waals surface area contributed by atoms with Crippen LogP contribution in [0.5, 0.6) is 0 Å². The fourth-order valence-electron chi connectivity index (χ4n) is 2.13. The molecule has 0 aliphatic carbocycles. The highest BCUT2D eigenvalue weighted by molar-refractivity contribution is 7.98. The lowest BCUT2D eigenvalue weighted by molar-refractivity contribution is -0.737. The van der Waals surface area contributed by atoms with Crippen LogP contribution in [0.1, 0.15) is 33.7 Å². The van der Waals surface area contributed by atoms with E-state index in [2.05, 4.69) is 53.2 Å². The van der Waals surface area contributed by atoms with E-state index in [-0.39, 0.29) is 0 Å². The number of fused-ring (bicyclic) bond motifs is 1. The molecular weight excluding hydrogens is 244 g/mol. The molecule has 18 heavy (non-hydrogen) atoms. The minimum Gasteiger partial charge on any atom is -0.300 e. The molecule has 0 fully saturated rings. The lowest BCUT2D eigenvalue weighted by atomic mass is 10.3. The zero-order chi connectivity index (χ0) is 13.3. The van der Waals surface area contributed by atoms with Gasteiger partial charge in [0.1, 0.15) is 0 Å². The van der Waals surface area contributed by atoms with Crippen molar-refractivity contribution in [2.24, 2.45) is 0 Å². The zero-order valence-corrected chi connectivity index (χ0v) is 12.5. The van der Waals surface area contributed by atoms with Crippen molar-refractivity contribution >= 4 is 23.1 Å². The molecule has 0 saturated heterocycles. The summed E-state index contributed by atoms with van der Waals surface area (Å²) in [5, 5.41) is 4.77. The van der Waals surface area contributed by atoms with Gasteiger partial charge in [0.2, 0.25) is 0 Å². The first kappa shape index (κ1) is 13.2. The number of imidazole rings is 1. The van der Waals surface area contributed by atoms with Gasteiger partial charge in [0.05, 0.1) is 30.7 Å². The predicted octanol–water partition coefficient (Wildman–Crippen LogP) is 2.74. The first-order valence-electron chi connectivity index (χ1n) is 6.26. The molecule has 0 aliphatic rings. The molecule has 98 valence electrons. The molecule has 4 nitrogen and oxygen atoms in total. The summed E-state index contributed by atoms with van der Waals surface area (Å²) in [6, 6.07) is 0.810. The maximum Gasteiger partial charge on any atom is 0.269 e. The van der Waals surface area contributed by atoms with Crippen LogP contribution >= 0.6 is 11.8 Å². The van der Waals surface area contributed by atoms with Gasteiger partial charge in [0, 0.05) is 0 Å². The smallest absolute Gasteiger partial charge is 0.269 e. The largest absolute Gasteiger partial charge is 0.300 e. The van der Waals surface area contributed by atoms with Crippen molar-refractivity contribution in [2.45, 2.75) is 44.9 Å². The SMILES string of the molecule is CSc1n2ccncc2c(NC(C)C)[n+]1C(C)C. The van der Waals surface area contributed by atoms with Crippen LogP contribution in [-0.2, 0) is 0 Å². The third-order valence-electron chi connectivity index (χ3n) is 2.78. The van der Waals surface area contributed by atoms with Gasteiger partial charge >= 0.3 is 0 Å². The van der Waals surface area contributed by atoms with Crippen LogP contribution in [0.25, 0.3) is 5.52 Å². The predicted molar refractivity (Wildman–Crippen MR) is 76.3 cm³/mol. The average molecular weight is 265 g/mol. The second-order valence-corrected chi connectivity index (χ2v) is 5.70. The molecule has 2 aromatic rings. The maximum absolute atomic E-state index is 4.25. The number of hydrogen-bond acceptors (Lipinski definition) is 3. The van der Waals surface area contributed by atoms with Gasteiger partial charge in [-0.05, 0) is 34.0 Å². The highest BCUT2D eigenvalue weighted by Gasteiger charge is 2.26. The Balaban J connectivity index is 2.74. The summed E-state index contributed by atoms with van der Waals surface area (Å²) in [7, 11) is 0. The van der Waals surface area contributed by atoms with E-state index in [1.807, 2.05) is 18.6 Å². The molecule has 1 N–H and O–H groups in total. The highest BCUT2D eigenvalue weighted by atomic mass is 32.2. The Morgan fingerprint density at radius 2 is 2.06 bits per heavy atom. The van der Waals surface area contributed by atoms with Gasteiger partial charge in [-0.2, -0.15) is 0 Å². The van der Waals surface area contributed by atoms with Gasteiger partial charge in [0.25, 0.3) is 11.0 Å². The van der Waals surface area contributed by atoms with Crippen LogP contribution in [0.3, 0.4) is 0 Å². The zero-order valence-electron chi connectivity index (χ0n) is 11.6. The second kappa shape index (κ2) is 5.18. The summed E-state index contributed by atoms with van der Waals surface area (Å²) in [5.74, 6) is 1.15. The summed E-state index contributed by atoms with van der Waals surface area (Å²) < 4.78 is 4.53. The minimum absolute atomic E-state index is 0.399. The average Bonchev–Trinajstić information content (AvgIpc) is 2.63. The molecule has 2 rings (SSSR count). The van der Waals surface area contributed by atoms with Crippen LogP contribution < -0.4 is 9.88 Å². The summed E-state index contributed by atoms with van der Waals surface area (Å²) in [6.45, 7) is 8.72. The number of nitrogens with zero attached hydrogens (tertiary/aromatic N) is 3. The van der Waals surface area contributed by atoms with E-state index >= 15 is 0 Å². The van der Waals surface area contributed by atoms with Crippen LogP contribution in [-0.4, -0.2) is 21.7 Å². The third-order valence-corrected chi connectivity index (χ3v) is 3.54. The Labute approximate surface area is 112 Å². The van der Waals surface area contributed by atoms with E-state index in [0.717, 1.165) is 11.3 Å². The Kier molecular flexibility index (Phi) is 3.80. The molecule has 5 heteroatoms. The Hall–Kier alpha value is -1.23. The molecule has 0 radical (unpaired) electrons. The number of aromatic nitrogens is 3. The number of anilines is 1. The maximum atomic E-state index is 4.25. The summed E-state index contributed by atoms with van der Waals surface area (Å²) in [6.07, 6.45) is 7.88. The van der Waals surface area contributed by atoms with Gasteiger partial charge in [-0.15, -0.1) is 0 Å². The minimum atomic E-state index is 0.399. The molecule has 0 unspecified atom stereocenters. The van der Waals surface area contributed by atoms with Gasteiger partial charge in [-0.25, -0.2) is 8.97 Å². The molecule has 0 bridgehead atoms. The van der Waals surface area contributed by atoms with Crippen LogP contribution in [0.2, 0.25) is 0 Å². The van der Waals surface area contributed by atoms with E-state index in [4.69, 9.17) is 0 Å². The van der Waals surface area contributed by atoms with Crippen LogP contribution in [0, 0.1) is 0 Å². The first-order chi connectivity index (χ1) is 8.56. The number of rotatable bonds is 4. The summed E-state index contributed by atoms with van der Waals surface area (Å²) >= 11 is 1.76. The second-order valence-electron chi connectivity index (χ2n) is 4.93. The van der Waals surface area contributed by atoms with Crippen LogP contribution in [0.15, 0.2) is 23.7 Å². The van der Waals surface area contributed by atoms with Crippen molar-refractivity contribution in [2.75, 3.05) is 11.6 Å². The molecular formula is C13H21N4S+. The Morgan fingerprint density at radius 3 is 2.61 bits per heavy atom. The normalized spacial score (nSPS) is 11.7.